The third-order valence-electron chi connectivity index (χ3n) is 5.08. The van der Waals surface area contributed by atoms with E-state index in [1.807, 2.05) is 6.20 Å². The second kappa shape index (κ2) is 6.41. The van der Waals surface area contributed by atoms with Crippen LogP contribution in [-0.4, -0.2) is 9.97 Å². The van der Waals surface area contributed by atoms with Crippen LogP contribution in [0.1, 0.15) is 31.9 Å². The van der Waals surface area contributed by atoms with E-state index in [0.29, 0.717) is 0 Å². The highest BCUT2D eigenvalue weighted by Gasteiger charge is 2.18. The Morgan fingerprint density at radius 1 is 1.00 bits per heavy atom. The molecule has 0 bridgehead atoms. The Labute approximate surface area is 160 Å². The molecule has 0 aliphatic heterocycles. The molecule has 0 radical (unpaired) electrons. The van der Waals surface area contributed by atoms with Crippen molar-refractivity contribution in [1.82, 2.24) is 9.97 Å². The fourth-order valence-electron chi connectivity index (χ4n) is 3.83. The van der Waals surface area contributed by atoms with Crippen LogP contribution >= 0.6 is 0 Å². The average Bonchev–Trinajstić information content (AvgIpc) is 2.61. The summed E-state index contributed by atoms with van der Waals surface area (Å²) in [5.41, 5.74) is 6.40. The minimum absolute atomic E-state index is 0.267. The molecule has 0 fully saturated rings. The van der Waals surface area contributed by atoms with Crippen molar-refractivity contribution in [2.75, 3.05) is 0 Å². The number of hydrogen-bond acceptors (Lipinski definition) is 2. The molecule has 136 valence electrons. The molecule has 0 N–H and O–H groups in total. The lowest BCUT2D eigenvalue weighted by atomic mass is 9.87. The molecule has 3 heteroatoms. The summed E-state index contributed by atoms with van der Waals surface area (Å²) in [5.74, 6) is 0. The van der Waals surface area contributed by atoms with Gasteiger partial charge >= 0.3 is 0 Å². The number of fused-ring (bicyclic) bond motifs is 3. The van der Waals surface area contributed by atoms with Gasteiger partial charge in [-0.05, 0) is 52.8 Å². The van der Waals surface area contributed by atoms with E-state index >= 15 is 0 Å². The molecule has 27 heavy (non-hydrogen) atoms. The normalized spacial score (nSPS) is 12.0. The van der Waals surface area contributed by atoms with Crippen molar-refractivity contribution in [3.63, 3.8) is 0 Å². The van der Waals surface area contributed by atoms with Crippen LogP contribution in [0.5, 0.6) is 0 Å². The molecule has 0 saturated heterocycles. The molecular weight excluding hydrogens is 330 g/mol. The van der Waals surface area contributed by atoms with Crippen LogP contribution in [0, 0.1) is 12.3 Å². The number of aromatic nitrogens is 3. The first kappa shape index (κ1) is 17.6. The van der Waals surface area contributed by atoms with Gasteiger partial charge in [-0.2, -0.15) is 0 Å². The number of rotatable bonds is 2. The molecule has 0 unspecified atom stereocenters. The van der Waals surface area contributed by atoms with Crippen LogP contribution in [0.4, 0.5) is 0 Å². The van der Waals surface area contributed by atoms with Gasteiger partial charge in [0.05, 0.1) is 5.52 Å². The van der Waals surface area contributed by atoms with Gasteiger partial charge in [0.25, 0.3) is 0 Å². The van der Waals surface area contributed by atoms with Crippen LogP contribution in [0.2, 0.25) is 0 Å². The maximum absolute atomic E-state index is 4.41. The topological polar surface area (TPSA) is 29.7 Å². The summed E-state index contributed by atoms with van der Waals surface area (Å²) in [6.45, 7) is 9.05. The van der Waals surface area contributed by atoms with Gasteiger partial charge in [0.1, 0.15) is 13.4 Å². The van der Waals surface area contributed by atoms with E-state index in [0.717, 1.165) is 17.3 Å². The minimum atomic E-state index is 0.267. The lowest BCUT2D eigenvalue weighted by Gasteiger charge is -2.18. The van der Waals surface area contributed by atoms with Crippen LogP contribution in [0.15, 0.2) is 55.1 Å². The summed E-state index contributed by atoms with van der Waals surface area (Å²) in [6, 6.07) is 13.4. The first-order valence-corrected chi connectivity index (χ1v) is 9.44. The largest absolute Gasteiger partial charge is 0.244 e. The minimum Gasteiger partial charge on any atom is -0.244 e. The van der Waals surface area contributed by atoms with Crippen molar-refractivity contribution >= 4 is 21.7 Å². The van der Waals surface area contributed by atoms with Crippen molar-refractivity contribution in [3.8, 4) is 11.3 Å². The SMILES string of the molecule is Cc1cc2ccc3ncncc3c2cc1-c1cc(CC(C)(C)C)cc[n+]1C. The first-order chi connectivity index (χ1) is 12.8. The van der Waals surface area contributed by atoms with E-state index in [-0.39, 0.29) is 5.41 Å². The number of benzene rings is 2. The molecule has 3 nitrogen and oxygen atoms in total. The lowest BCUT2D eigenvalue weighted by molar-refractivity contribution is -0.660. The van der Waals surface area contributed by atoms with E-state index < -0.39 is 0 Å². The zero-order valence-electron chi connectivity index (χ0n) is 16.7. The molecule has 0 spiro atoms. The molecule has 4 rings (SSSR count). The highest BCUT2D eigenvalue weighted by Crippen LogP contribution is 2.31. The Morgan fingerprint density at radius 3 is 2.59 bits per heavy atom. The van der Waals surface area contributed by atoms with Crippen molar-refractivity contribution in [2.45, 2.75) is 34.1 Å². The summed E-state index contributed by atoms with van der Waals surface area (Å²) < 4.78 is 2.21. The van der Waals surface area contributed by atoms with Gasteiger partial charge in [-0.15, -0.1) is 0 Å². The lowest BCUT2D eigenvalue weighted by Crippen LogP contribution is -2.31. The Morgan fingerprint density at radius 2 is 1.81 bits per heavy atom. The predicted molar refractivity (Wildman–Crippen MR) is 112 cm³/mol. The zero-order chi connectivity index (χ0) is 19.2. The zero-order valence-corrected chi connectivity index (χ0v) is 16.7. The van der Waals surface area contributed by atoms with Crippen molar-refractivity contribution in [3.05, 3.63) is 66.2 Å². The smallest absolute Gasteiger partial charge is 0.212 e. The molecule has 2 heterocycles. The van der Waals surface area contributed by atoms with Crippen molar-refractivity contribution in [1.29, 1.82) is 0 Å². The highest BCUT2D eigenvalue weighted by molar-refractivity contribution is 6.07. The van der Waals surface area contributed by atoms with Crippen molar-refractivity contribution < 1.29 is 4.57 Å². The van der Waals surface area contributed by atoms with Gasteiger partial charge in [-0.3, -0.25) is 0 Å². The van der Waals surface area contributed by atoms with Gasteiger partial charge in [0, 0.05) is 29.3 Å². The van der Waals surface area contributed by atoms with Gasteiger partial charge in [-0.25, -0.2) is 14.5 Å². The second-order valence-corrected chi connectivity index (χ2v) is 8.68. The maximum atomic E-state index is 4.41. The number of aryl methyl sites for hydroxylation is 2. The van der Waals surface area contributed by atoms with Gasteiger partial charge in [-0.1, -0.05) is 32.9 Å². The highest BCUT2D eigenvalue weighted by atomic mass is 14.9. The van der Waals surface area contributed by atoms with E-state index in [2.05, 4.69) is 91.9 Å². The summed E-state index contributed by atoms with van der Waals surface area (Å²) in [5, 5.41) is 3.53. The number of pyridine rings is 1. The van der Waals surface area contributed by atoms with Gasteiger partial charge in [0.2, 0.25) is 5.69 Å². The number of nitrogens with zero attached hydrogens (tertiary/aromatic N) is 3. The first-order valence-electron chi connectivity index (χ1n) is 9.44. The Hall–Kier alpha value is -2.81. The summed E-state index contributed by atoms with van der Waals surface area (Å²) in [4.78, 5) is 8.66. The fourth-order valence-corrected chi connectivity index (χ4v) is 3.83. The average molecular weight is 356 g/mol. The second-order valence-electron chi connectivity index (χ2n) is 8.68. The third kappa shape index (κ3) is 3.42. The van der Waals surface area contributed by atoms with Crippen LogP contribution in [0.25, 0.3) is 32.9 Å². The number of hydrogen-bond donors (Lipinski definition) is 0. The molecule has 0 aliphatic rings. The maximum Gasteiger partial charge on any atom is 0.212 e. The van der Waals surface area contributed by atoms with E-state index in [4.69, 9.17) is 0 Å². The summed E-state index contributed by atoms with van der Waals surface area (Å²) in [7, 11) is 2.12. The van der Waals surface area contributed by atoms with E-state index in [1.54, 1.807) is 6.33 Å². The van der Waals surface area contributed by atoms with Crippen LogP contribution in [-0.2, 0) is 13.5 Å². The predicted octanol–water partition coefficient (Wildman–Crippen LogP) is 5.17. The molecular formula is C24H26N3+. The molecule has 0 amide bonds. The van der Waals surface area contributed by atoms with E-state index in [9.17, 15) is 0 Å². The molecule has 2 aromatic heterocycles. The Balaban J connectivity index is 1.94. The Kier molecular flexibility index (Phi) is 4.18. The third-order valence-corrected chi connectivity index (χ3v) is 5.08. The quantitative estimate of drug-likeness (QED) is 0.366. The van der Waals surface area contributed by atoms with Gasteiger partial charge in [0.15, 0.2) is 6.20 Å². The van der Waals surface area contributed by atoms with Gasteiger partial charge < -0.3 is 0 Å². The molecule has 0 aliphatic carbocycles. The van der Waals surface area contributed by atoms with Crippen molar-refractivity contribution in [2.24, 2.45) is 12.5 Å². The van der Waals surface area contributed by atoms with E-state index in [1.165, 1.54) is 33.2 Å². The molecule has 2 aromatic carbocycles. The molecule has 0 atom stereocenters. The van der Waals surface area contributed by atoms with Crippen LogP contribution < -0.4 is 4.57 Å². The monoisotopic (exact) mass is 356 g/mol. The summed E-state index contributed by atoms with van der Waals surface area (Å²) >= 11 is 0. The summed E-state index contributed by atoms with van der Waals surface area (Å²) in [6.07, 6.45) is 6.76. The Bertz CT molecular complexity index is 1150. The standard InChI is InChI=1S/C24H26N3/c1-16-10-18-6-7-22-21(14-25-15-26-22)20(18)12-19(16)23-11-17(8-9-27(23)5)13-24(2,3)4/h6-12,14-15H,13H2,1-5H3/q+1. The molecule has 4 aromatic rings. The molecule has 0 saturated carbocycles. The van der Waals surface area contributed by atoms with Crippen LogP contribution in [0.3, 0.4) is 0 Å². The fraction of sp³-hybridized carbons (Fsp3) is 0.292.